The molecule has 10 heteroatoms. The fraction of sp³-hybridized carbons (Fsp3) is 0.167. The van der Waals surface area contributed by atoms with Crippen LogP contribution in [-0.2, 0) is 16.1 Å². The first kappa shape index (κ1) is 23.5. The highest BCUT2D eigenvalue weighted by Gasteiger charge is 2.21. The molecule has 34 heavy (non-hydrogen) atoms. The van der Waals surface area contributed by atoms with E-state index in [2.05, 4.69) is 10.6 Å². The molecule has 2 N–H and O–H groups in total. The number of fused-ring (bicyclic) bond motifs is 1. The summed E-state index contributed by atoms with van der Waals surface area (Å²) < 4.78 is 2.34. The van der Waals surface area contributed by atoms with Gasteiger partial charge >= 0.3 is 5.69 Å². The number of nitrogens with one attached hydrogen (secondary N) is 2. The van der Waals surface area contributed by atoms with Crippen LogP contribution in [0.2, 0.25) is 5.02 Å². The summed E-state index contributed by atoms with van der Waals surface area (Å²) in [6, 6.07) is 13.1. The maximum absolute atomic E-state index is 13.5. The van der Waals surface area contributed by atoms with E-state index in [4.69, 9.17) is 11.6 Å². The number of thiophene rings is 1. The molecule has 0 atom stereocenters. The molecule has 0 aliphatic rings. The Bertz CT molecular complexity index is 1570. The molecule has 2 heterocycles. The molecule has 0 unspecified atom stereocenters. The average Bonchev–Trinajstić information content (AvgIpc) is 3.05. The molecule has 0 bridgehead atoms. The van der Waals surface area contributed by atoms with Crippen molar-refractivity contribution < 1.29 is 9.59 Å². The zero-order chi connectivity index (χ0) is 24.6. The summed E-state index contributed by atoms with van der Waals surface area (Å²) in [5, 5.41) is 6.17. The van der Waals surface area contributed by atoms with Gasteiger partial charge in [0.2, 0.25) is 11.8 Å². The van der Waals surface area contributed by atoms with Gasteiger partial charge in [-0.15, -0.1) is 11.3 Å². The predicted octanol–water partition coefficient (Wildman–Crippen LogP) is 4.08. The maximum atomic E-state index is 13.5. The van der Waals surface area contributed by atoms with E-state index in [-0.39, 0.29) is 12.5 Å². The summed E-state index contributed by atoms with van der Waals surface area (Å²) in [6.07, 6.45) is 0. The summed E-state index contributed by atoms with van der Waals surface area (Å²) in [5.74, 6) is -0.687. The van der Waals surface area contributed by atoms with Crippen LogP contribution in [-0.4, -0.2) is 20.9 Å². The number of amides is 2. The van der Waals surface area contributed by atoms with E-state index in [0.29, 0.717) is 32.3 Å². The van der Waals surface area contributed by atoms with Crippen LogP contribution < -0.4 is 21.9 Å². The predicted molar refractivity (Wildman–Crippen MR) is 136 cm³/mol. The summed E-state index contributed by atoms with van der Waals surface area (Å²) >= 11 is 7.39. The second-order valence-corrected chi connectivity index (χ2v) is 9.40. The Kier molecular flexibility index (Phi) is 6.41. The Hall–Kier alpha value is -3.69. The van der Waals surface area contributed by atoms with Crippen LogP contribution in [0.1, 0.15) is 17.4 Å². The Morgan fingerprint density at radius 2 is 1.68 bits per heavy atom. The van der Waals surface area contributed by atoms with Gasteiger partial charge in [0.1, 0.15) is 11.4 Å². The van der Waals surface area contributed by atoms with Gasteiger partial charge in [-0.1, -0.05) is 23.7 Å². The van der Waals surface area contributed by atoms with Gasteiger partial charge in [-0.2, -0.15) is 0 Å². The maximum Gasteiger partial charge on any atom is 0.337 e. The van der Waals surface area contributed by atoms with E-state index in [0.717, 1.165) is 15.0 Å². The number of benzene rings is 2. The molecule has 2 aromatic heterocycles. The highest BCUT2D eigenvalue weighted by Crippen LogP contribution is 2.27. The van der Waals surface area contributed by atoms with Crippen molar-refractivity contribution in [1.82, 2.24) is 9.13 Å². The van der Waals surface area contributed by atoms with E-state index < -0.39 is 17.2 Å². The normalized spacial score (nSPS) is 10.9. The lowest BCUT2D eigenvalue weighted by Crippen LogP contribution is -2.40. The van der Waals surface area contributed by atoms with Crippen LogP contribution in [0.15, 0.2) is 58.1 Å². The Balaban J connectivity index is 1.79. The van der Waals surface area contributed by atoms with Crippen LogP contribution in [0.25, 0.3) is 15.9 Å². The topological polar surface area (TPSA) is 102 Å². The number of aryl methyl sites for hydroxylation is 2. The van der Waals surface area contributed by atoms with Gasteiger partial charge in [0.25, 0.3) is 5.56 Å². The molecule has 2 amide bonds. The van der Waals surface area contributed by atoms with E-state index >= 15 is 0 Å². The number of anilines is 2. The molecule has 0 aliphatic carbocycles. The quantitative estimate of drug-likeness (QED) is 0.434. The Morgan fingerprint density at radius 3 is 2.35 bits per heavy atom. The number of aromatic nitrogens is 2. The van der Waals surface area contributed by atoms with Crippen molar-refractivity contribution in [1.29, 1.82) is 0 Å². The molecular formula is C24H21ClN4O4S. The highest BCUT2D eigenvalue weighted by atomic mass is 35.5. The third-order valence-electron chi connectivity index (χ3n) is 5.29. The van der Waals surface area contributed by atoms with Crippen molar-refractivity contribution in [3.05, 3.63) is 84.8 Å². The Morgan fingerprint density at radius 1 is 1.00 bits per heavy atom. The van der Waals surface area contributed by atoms with Crippen LogP contribution in [0.3, 0.4) is 0 Å². The number of carbonyl (C=O) groups is 2. The highest BCUT2D eigenvalue weighted by molar-refractivity contribution is 7.18. The van der Waals surface area contributed by atoms with E-state index in [9.17, 15) is 19.2 Å². The number of hydrogen-bond donors (Lipinski definition) is 2. The summed E-state index contributed by atoms with van der Waals surface area (Å²) in [5.41, 5.74) is 0.987. The first-order valence-electron chi connectivity index (χ1n) is 10.3. The van der Waals surface area contributed by atoms with Crippen LogP contribution in [0.4, 0.5) is 11.4 Å². The molecule has 2 aromatic carbocycles. The summed E-state index contributed by atoms with van der Waals surface area (Å²) in [4.78, 5) is 52.3. The zero-order valence-electron chi connectivity index (χ0n) is 18.6. The zero-order valence-corrected chi connectivity index (χ0v) is 20.2. The van der Waals surface area contributed by atoms with Crippen LogP contribution >= 0.6 is 22.9 Å². The smallest absolute Gasteiger partial charge is 0.326 e. The molecule has 4 rings (SSSR count). The first-order valence-corrected chi connectivity index (χ1v) is 11.5. The van der Waals surface area contributed by atoms with Crippen molar-refractivity contribution in [3.63, 3.8) is 0 Å². The summed E-state index contributed by atoms with van der Waals surface area (Å²) in [6.45, 7) is 4.77. The largest absolute Gasteiger partial charge is 0.337 e. The molecule has 0 aliphatic heterocycles. The van der Waals surface area contributed by atoms with E-state index in [1.165, 1.54) is 28.9 Å². The number of hydrogen-bond acceptors (Lipinski definition) is 5. The lowest BCUT2D eigenvalue weighted by Gasteiger charge is -2.13. The minimum absolute atomic E-state index is 0.232. The molecule has 0 spiro atoms. The number of rotatable bonds is 5. The monoisotopic (exact) mass is 496 g/mol. The fourth-order valence-electron chi connectivity index (χ4n) is 3.66. The summed E-state index contributed by atoms with van der Waals surface area (Å²) in [7, 11) is 0. The number of nitrogens with zero attached hydrogens (tertiary/aromatic N) is 2. The second kappa shape index (κ2) is 9.28. The molecule has 0 saturated carbocycles. The van der Waals surface area contributed by atoms with Crippen molar-refractivity contribution >= 4 is 56.3 Å². The number of carbonyl (C=O) groups excluding carboxylic acids is 2. The minimum Gasteiger partial charge on any atom is -0.326 e. The molecule has 8 nitrogen and oxygen atoms in total. The van der Waals surface area contributed by atoms with Gasteiger partial charge < -0.3 is 10.6 Å². The van der Waals surface area contributed by atoms with Crippen molar-refractivity contribution in [3.8, 4) is 5.69 Å². The van der Waals surface area contributed by atoms with Crippen molar-refractivity contribution in [2.45, 2.75) is 27.3 Å². The molecule has 0 saturated heterocycles. The van der Waals surface area contributed by atoms with E-state index in [1.54, 1.807) is 42.5 Å². The molecule has 0 radical (unpaired) electrons. The molecular weight excluding hydrogens is 476 g/mol. The third-order valence-corrected chi connectivity index (χ3v) is 6.75. The van der Waals surface area contributed by atoms with Gasteiger partial charge in [-0.25, -0.2) is 9.36 Å². The molecule has 174 valence electrons. The standard InChI is InChI=1S/C24H21ClN4O4S/c1-13-14(2)34-23-21(13)22(32)29(19-9-4-6-16(25)10-19)24(33)28(23)12-20(31)27-18-8-5-7-17(11-18)26-15(3)30/h4-11H,12H2,1-3H3,(H,26,30)(H,27,31). The van der Waals surface area contributed by atoms with E-state index in [1.807, 2.05) is 13.8 Å². The SMILES string of the molecule is CC(=O)Nc1cccc(NC(=O)Cn2c(=O)n(-c3cccc(Cl)c3)c(=O)c3c(C)c(C)sc32)c1. The van der Waals surface area contributed by atoms with Gasteiger partial charge in [0.05, 0.1) is 11.1 Å². The van der Waals surface area contributed by atoms with Gasteiger partial charge in [-0.05, 0) is 55.8 Å². The van der Waals surface area contributed by atoms with Crippen LogP contribution in [0, 0.1) is 13.8 Å². The average molecular weight is 497 g/mol. The van der Waals surface area contributed by atoms with Crippen LogP contribution in [0.5, 0.6) is 0 Å². The molecule has 0 fully saturated rings. The lowest BCUT2D eigenvalue weighted by atomic mass is 10.2. The number of halogens is 1. The minimum atomic E-state index is -0.636. The first-order chi connectivity index (χ1) is 16.2. The van der Waals surface area contributed by atoms with Gasteiger partial charge in [-0.3, -0.25) is 19.0 Å². The lowest BCUT2D eigenvalue weighted by molar-refractivity contribution is -0.117. The van der Waals surface area contributed by atoms with Gasteiger partial charge in [0.15, 0.2) is 0 Å². The van der Waals surface area contributed by atoms with Gasteiger partial charge in [0, 0.05) is 28.2 Å². The fourth-order valence-corrected chi connectivity index (χ4v) is 4.99. The van der Waals surface area contributed by atoms with Crippen molar-refractivity contribution in [2.24, 2.45) is 0 Å². The Labute approximate surface area is 203 Å². The third kappa shape index (κ3) is 4.52. The second-order valence-electron chi connectivity index (χ2n) is 7.76. The molecule has 4 aromatic rings. The van der Waals surface area contributed by atoms with Crippen molar-refractivity contribution in [2.75, 3.05) is 10.6 Å².